The molecule has 0 fully saturated rings. The van der Waals surface area contributed by atoms with Crippen molar-refractivity contribution in [1.82, 2.24) is 4.90 Å². The fourth-order valence-corrected chi connectivity index (χ4v) is 1.03. The van der Waals surface area contributed by atoms with E-state index in [1.165, 1.54) is 0 Å². The van der Waals surface area contributed by atoms with E-state index in [1.807, 2.05) is 13.8 Å². The van der Waals surface area contributed by atoms with E-state index in [0.29, 0.717) is 26.1 Å². The van der Waals surface area contributed by atoms with Gasteiger partial charge >= 0.3 is 0 Å². The van der Waals surface area contributed by atoms with Crippen LogP contribution in [0.25, 0.3) is 0 Å². The summed E-state index contributed by atoms with van der Waals surface area (Å²) in [5, 5.41) is 0. The van der Waals surface area contributed by atoms with Crippen LogP contribution in [0.4, 0.5) is 0 Å². The molecule has 0 rings (SSSR count). The van der Waals surface area contributed by atoms with Gasteiger partial charge in [-0.2, -0.15) is 0 Å². The topological polar surface area (TPSA) is 55.6 Å². The Kier molecular flexibility index (Phi) is 6.54. The molecule has 4 nitrogen and oxygen atoms in total. The summed E-state index contributed by atoms with van der Waals surface area (Å²) in [6, 6.07) is -0.364. The van der Waals surface area contributed by atoms with Crippen LogP contribution in [0, 0.1) is 0 Å². The van der Waals surface area contributed by atoms with Crippen molar-refractivity contribution in [3.63, 3.8) is 0 Å². The lowest BCUT2D eigenvalue weighted by molar-refractivity contribution is -0.133. The molecule has 0 aromatic heterocycles. The molecule has 0 aliphatic carbocycles. The minimum Gasteiger partial charge on any atom is -0.383 e. The second-order valence-corrected chi connectivity index (χ2v) is 2.93. The predicted octanol–water partition coefficient (Wildman–Crippen LogP) is 0.219. The van der Waals surface area contributed by atoms with Gasteiger partial charge in [0.1, 0.15) is 0 Å². The zero-order chi connectivity index (χ0) is 10.3. The minimum absolute atomic E-state index is 0.0158. The minimum atomic E-state index is -0.364. The van der Waals surface area contributed by atoms with E-state index < -0.39 is 0 Å². The van der Waals surface area contributed by atoms with Crippen LogP contribution >= 0.6 is 0 Å². The Balaban J connectivity index is 3.98. The molecule has 0 bridgehead atoms. The lowest BCUT2D eigenvalue weighted by Gasteiger charge is -2.23. The van der Waals surface area contributed by atoms with Gasteiger partial charge < -0.3 is 15.4 Å². The van der Waals surface area contributed by atoms with Crippen LogP contribution in [-0.4, -0.2) is 43.7 Å². The van der Waals surface area contributed by atoms with Crippen molar-refractivity contribution in [1.29, 1.82) is 0 Å². The molecule has 78 valence electrons. The number of carbonyl (C=O) groups is 1. The maximum atomic E-state index is 11.6. The first-order valence-electron chi connectivity index (χ1n) is 4.70. The average molecular weight is 188 g/mol. The molecule has 0 spiro atoms. The van der Waals surface area contributed by atoms with E-state index in [4.69, 9.17) is 10.5 Å². The number of hydrogen-bond acceptors (Lipinski definition) is 3. The van der Waals surface area contributed by atoms with Gasteiger partial charge in [-0.25, -0.2) is 0 Å². The summed E-state index contributed by atoms with van der Waals surface area (Å²) in [5.41, 5.74) is 5.63. The van der Waals surface area contributed by atoms with E-state index in [-0.39, 0.29) is 11.9 Å². The van der Waals surface area contributed by atoms with Gasteiger partial charge in [0, 0.05) is 20.2 Å². The first kappa shape index (κ1) is 12.4. The molecule has 0 aliphatic rings. The van der Waals surface area contributed by atoms with E-state index >= 15 is 0 Å². The number of rotatable bonds is 6. The van der Waals surface area contributed by atoms with Gasteiger partial charge in [-0.05, 0) is 13.3 Å². The predicted molar refractivity (Wildman–Crippen MR) is 52.4 cm³/mol. The third kappa shape index (κ3) is 4.24. The molecule has 2 N–H and O–H groups in total. The van der Waals surface area contributed by atoms with E-state index in [0.717, 1.165) is 0 Å². The van der Waals surface area contributed by atoms with Gasteiger partial charge in [0.05, 0.1) is 12.6 Å². The van der Waals surface area contributed by atoms with Gasteiger partial charge in [0.2, 0.25) is 5.91 Å². The molecular weight excluding hydrogens is 168 g/mol. The average Bonchev–Trinajstić information content (AvgIpc) is 2.17. The van der Waals surface area contributed by atoms with Crippen LogP contribution in [0.2, 0.25) is 0 Å². The van der Waals surface area contributed by atoms with Crippen LogP contribution < -0.4 is 5.73 Å². The lowest BCUT2D eigenvalue weighted by atomic mass is 10.2. The molecule has 0 saturated heterocycles. The largest absolute Gasteiger partial charge is 0.383 e. The Morgan fingerprint density at radius 2 is 2.15 bits per heavy atom. The van der Waals surface area contributed by atoms with Gasteiger partial charge in [-0.15, -0.1) is 0 Å². The number of carbonyl (C=O) groups excluding carboxylic acids is 1. The number of nitrogens with two attached hydrogens (primary N) is 1. The summed E-state index contributed by atoms with van der Waals surface area (Å²) in [5.74, 6) is 0.0158. The van der Waals surface area contributed by atoms with Crippen molar-refractivity contribution in [2.24, 2.45) is 5.73 Å². The molecule has 0 heterocycles. The first-order valence-corrected chi connectivity index (χ1v) is 4.70. The van der Waals surface area contributed by atoms with E-state index in [9.17, 15) is 4.79 Å². The van der Waals surface area contributed by atoms with Crippen molar-refractivity contribution in [2.45, 2.75) is 26.3 Å². The number of methoxy groups -OCH3 is 1. The molecule has 1 atom stereocenters. The normalized spacial score (nSPS) is 12.6. The molecule has 0 aromatic rings. The summed E-state index contributed by atoms with van der Waals surface area (Å²) in [7, 11) is 1.62. The summed E-state index contributed by atoms with van der Waals surface area (Å²) >= 11 is 0. The van der Waals surface area contributed by atoms with Crippen LogP contribution in [0.1, 0.15) is 20.3 Å². The molecule has 0 saturated carbocycles. The quantitative estimate of drug-likeness (QED) is 0.648. The summed E-state index contributed by atoms with van der Waals surface area (Å²) in [4.78, 5) is 13.3. The van der Waals surface area contributed by atoms with Crippen LogP contribution in [0.5, 0.6) is 0 Å². The molecule has 1 amide bonds. The lowest BCUT2D eigenvalue weighted by Crippen LogP contribution is -2.44. The molecule has 0 aliphatic heterocycles. The number of ether oxygens (including phenoxy) is 1. The number of amides is 1. The fraction of sp³-hybridized carbons (Fsp3) is 0.889. The first-order chi connectivity index (χ1) is 6.17. The molecule has 0 radical (unpaired) electrons. The van der Waals surface area contributed by atoms with Gasteiger partial charge in [-0.3, -0.25) is 4.79 Å². The summed E-state index contributed by atoms with van der Waals surface area (Å²) in [6.07, 6.45) is 0.683. The van der Waals surface area contributed by atoms with Crippen molar-refractivity contribution in [2.75, 3.05) is 26.8 Å². The molecule has 1 unspecified atom stereocenters. The maximum Gasteiger partial charge on any atom is 0.239 e. The Morgan fingerprint density at radius 3 is 2.54 bits per heavy atom. The highest BCUT2D eigenvalue weighted by atomic mass is 16.5. The standard InChI is InChI=1S/C9H20N2O2/c1-4-8(10)9(12)11(5-2)6-7-13-3/h8H,4-7,10H2,1-3H3. The molecule has 4 heteroatoms. The summed E-state index contributed by atoms with van der Waals surface area (Å²) in [6.45, 7) is 5.73. The highest BCUT2D eigenvalue weighted by Crippen LogP contribution is 1.96. The van der Waals surface area contributed by atoms with Crippen molar-refractivity contribution < 1.29 is 9.53 Å². The van der Waals surface area contributed by atoms with Crippen molar-refractivity contribution in [3.05, 3.63) is 0 Å². The smallest absolute Gasteiger partial charge is 0.239 e. The third-order valence-electron chi connectivity index (χ3n) is 2.02. The van der Waals surface area contributed by atoms with Crippen molar-refractivity contribution >= 4 is 5.91 Å². The second-order valence-electron chi connectivity index (χ2n) is 2.93. The zero-order valence-corrected chi connectivity index (χ0v) is 8.75. The highest BCUT2D eigenvalue weighted by Gasteiger charge is 2.17. The Bertz CT molecular complexity index is 151. The number of nitrogens with zero attached hydrogens (tertiary/aromatic N) is 1. The maximum absolute atomic E-state index is 11.6. The monoisotopic (exact) mass is 188 g/mol. The van der Waals surface area contributed by atoms with Gasteiger partial charge in [0.25, 0.3) is 0 Å². The van der Waals surface area contributed by atoms with Gasteiger partial charge in [-0.1, -0.05) is 6.92 Å². The van der Waals surface area contributed by atoms with Crippen LogP contribution in [0.3, 0.4) is 0 Å². The third-order valence-corrected chi connectivity index (χ3v) is 2.02. The van der Waals surface area contributed by atoms with Crippen molar-refractivity contribution in [3.8, 4) is 0 Å². The van der Waals surface area contributed by atoms with Gasteiger partial charge in [0.15, 0.2) is 0 Å². The zero-order valence-electron chi connectivity index (χ0n) is 8.75. The Labute approximate surface area is 80.0 Å². The summed E-state index contributed by atoms with van der Waals surface area (Å²) < 4.78 is 4.90. The molecular formula is C9H20N2O2. The molecule has 13 heavy (non-hydrogen) atoms. The number of hydrogen-bond donors (Lipinski definition) is 1. The van der Waals surface area contributed by atoms with E-state index in [2.05, 4.69) is 0 Å². The Morgan fingerprint density at radius 1 is 1.54 bits per heavy atom. The molecule has 0 aromatic carbocycles. The second kappa shape index (κ2) is 6.86. The highest BCUT2D eigenvalue weighted by molar-refractivity contribution is 5.81. The fourth-order valence-electron chi connectivity index (χ4n) is 1.03. The van der Waals surface area contributed by atoms with Crippen LogP contribution in [0.15, 0.2) is 0 Å². The Hall–Kier alpha value is -0.610. The van der Waals surface area contributed by atoms with E-state index in [1.54, 1.807) is 12.0 Å². The number of likely N-dealkylation sites (N-methyl/N-ethyl adjacent to an activating group) is 1. The SMILES string of the molecule is CCC(N)C(=O)N(CC)CCOC. The van der Waals surface area contributed by atoms with Crippen LogP contribution in [-0.2, 0) is 9.53 Å².